The van der Waals surface area contributed by atoms with Crippen LogP contribution < -0.4 is 9.62 Å². The molecule has 148 valence electrons. The van der Waals surface area contributed by atoms with Crippen LogP contribution in [0.1, 0.15) is 21.5 Å². The van der Waals surface area contributed by atoms with E-state index in [0.29, 0.717) is 37.2 Å². The zero-order chi connectivity index (χ0) is 20.3. The van der Waals surface area contributed by atoms with Gasteiger partial charge in [-0.25, -0.2) is 8.42 Å². The van der Waals surface area contributed by atoms with Crippen molar-refractivity contribution in [2.75, 3.05) is 17.4 Å². The zero-order valence-electron chi connectivity index (χ0n) is 15.8. The smallest absolute Gasteiger partial charge is 0.264 e. The molecule has 3 aromatic rings. The predicted octanol–water partition coefficient (Wildman–Crippen LogP) is 2.81. The van der Waals surface area contributed by atoms with E-state index in [9.17, 15) is 13.2 Å². The van der Waals surface area contributed by atoms with E-state index >= 15 is 0 Å². The Bertz CT molecular complexity index is 1120. The molecule has 0 radical (unpaired) electrons. The van der Waals surface area contributed by atoms with Crippen LogP contribution in [-0.4, -0.2) is 32.4 Å². The number of pyridine rings is 1. The Kier molecular flexibility index (Phi) is 5.31. The van der Waals surface area contributed by atoms with Crippen molar-refractivity contribution in [1.29, 1.82) is 0 Å². The van der Waals surface area contributed by atoms with Gasteiger partial charge in [0.15, 0.2) is 0 Å². The Hall–Kier alpha value is -3.19. The number of nitrogens with zero attached hydrogens (tertiary/aromatic N) is 2. The van der Waals surface area contributed by atoms with E-state index in [-0.39, 0.29) is 10.8 Å². The van der Waals surface area contributed by atoms with Gasteiger partial charge in [0.2, 0.25) is 0 Å². The molecule has 1 aliphatic rings. The first-order valence-electron chi connectivity index (χ1n) is 9.43. The molecule has 1 N–H and O–H groups in total. The fourth-order valence-corrected chi connectivity index (χ4v) is 4.95. The molecule has 1 aromatic heterocycles. The SMILES string of the molecule is O=C(NCCc1cccnc1)c1ccc2c(c1)N(S(=O)(=O)c1ccccc1)CC2. The number of carbonyl (C=O) groups is 1. The van der Waals surface area contributed by atoms with Crippen LogP contribution in [0.3, 0.4) is 0 Å². The van der Waals surface area contributed by atoms with Gasteiger partial charge in [0, 0.05) is 31.0 Å². The summed E-state index contributed by atoms with van der Waals surface area (Å²) in [7, 11) is -3.65. The molecule has 4 rings (SSSR count). The lowest BCUT2D eigenvalue weighted by molar-refractivity contribution is 0.0954. The molecule has 2 heterocycles. The first kappa shape index (κ1) is 19.1. The maximum Gasteiger partial charge on any atom is 0.264 e. The summed E-state index contributed by atoms with van der Waals surface area (Å²) in [6.07, 6.45) is 4.79. The van der Waals surface area contributed by atoms with Crippen LogP contribution in [0.4, 0.5) is 5.69 Å². The highest BCUT2D eigenvalue weighted by Gasteiger charge is 2.31. The number of hydrogen-bond acceptors (Lipinski definition) is 4. The average Bonchev–Trinajstić information content (AvgIpc) is 3.19. The van der Waals surface area contributed by atoms with E-state index in [1.807, 2.05) is 18.2 Å². The molecule has 0 fully saturated rings. The first-order chi connectivity index (χ1) is 14.1. The summed E-state index contributed by atoms with van der Waals surface area (Å²) in [6, 6.07) is 17.4. The fraction of sp³-hybridized carbons (Fsp3) is 0.182. The molecule has 0 unspecified atom stereocenters. The Morgan fingerprint density at radius 3 is 2.66 bits per heavy atom. The Labute approximate surface area is 170 Å². The third-order valence-corrected chi connectivity index (χ3v) is 6.78. The molecule has 0 atom stereocenters. The van der Waals surface area contributed by atoms with Gasteiger partial charge in [-0.15, -0.1) is 0 Å². The maximum absolute atomic E-state index is 13.0. The lowest BCUT2D eigenvalue weighted by Gasteiger charge is -2.20. The van der Waals surface area contributed by atoms with Crippen LogP contribution >= 0.6 is 0 Å². The Morgan fingerprint density at radius 1 is 1.07 bits per heavy atom. The maximum atomic E-state index is 13.0. The van der Waals surface area contributed by atoms with Crippen molar-refractivity contribution in [1.82, 2.24) is 10.3 Å². The number of anilines is 1. The van der Waals surface area contributed by atoms with Gasteiger partial charge in [0.05, 0.1) is 10.6 Å². The summed E-state index contributed by atoms with van der Waals surface area (Å²) in [5.41, 5.74) is 3.00. The van der Waals surface area contributed by atoms with Crippen molar-refractivity contribution in [3.05, 3.63) is 89.7 Å². The van der Waals surface area contributed by atoms with Crippen LogP contribution in [-0.2, 0) is 22.9 Å². The molecule has 0 aliphatic carbocycles. The molecule has 7 heteroatoms. The van der Waals surface area contributed by atoms with Gasteiger partial charge < -0.3 is 5.32 Å². The first-order valence-corrected chi connectivity index (χ1v) is 10.9. The zero-order valence-corrected chi connectivity index (χ0v) is 16.6. The number of aromatic nitrogens is 1. The van der Waals surface area contributed by atoms with Crippen molar-refractivity contribution in [2.45, 2.75) is 17.7 Å². The minimum absolute atomic E-state index is 0.222. The van der Waals surface area contributed by atoms with Crippen LogP contribution in [0.5, 0.6) is 0 Å². The summed E-state index contributed by atoms with van der Waals surface area (Å²) in [6.45, 7) is 0.853. The van der Waals surface area contributed by atoms with Crippen molar-refractivity contribution >= 4 is 21.6 Å². The van der Waals surface area contributed by atoms with E-state index in [4.69, 9.17) is 0 Å². The van der Waals surface area contributed by atoms with Crippen LogP contribution in [0.15, 0.2) is 78.0 Å². The Morgan fingerprint density at radius 2 is 1.90 bits per heavy atom. The molecule has 29 heavy (non-hydrogen) atoms. The van der Waals surface area contributed by atoms with Gasteiger partial charge in [0.1, 0.15) is 0 Å². The molecule has 6 nitrogen and oxygen atoms in total. The number of benzene rings is 2. The van der Waals surface area contributed by atoms with Crippen molar-refractivity contribution in [2.24, 2.45) is 0 Å². The second-order valence-electron chi connectivity index (χ2n) is 6.85. The summed E-state index contributed by atoms with van der Waals surface area (Å²) >= 11 is 0. The van der Waals surface area contributed by atoms with Crippen LogP contribution in [0.25, 0.3) is 0 Å². The molecule has 1 amide bonds. The quantitative estimate of drug-likeness (QED) is 0.681. The van der Waals surface area contributed by atoms with E-state index in [0.717, 1.165) is 11.1 Å². The molecule has 0 spiro atoms. The van der Waals surface area contributed by atoms with Crippen LogP contribution in [0, 0.1) is 0 Å². The number of carbonyl (C=O) groups excluding carboxylic acids is 1. The standard InChI is InChI=1S/C22H21N3O3S/c26-22(24-13-10-17-5-4-12-23-16-17)19-9-8-18-11-14-25(21(18)15-19)29(27,28)20-6-2-1-3-7-20/h1-9,12,15-16H,10-11,13-14H2,(H,24,26). The molecule has 1 aliphatic heterocycles. The lowest BCUT2D eigenvalue weighted by Crippen LogP contribution is -2.29. The summed E-state index contributed by atoms with van der Waals surface area (Å²) in [5.74, 6) is -0.222. The Balaban J connectivity index is 1.51. The minimum Gasteiger partial charge on any atom is -0.352 e. The van der Waals surface area contributed by atoms with Crippen molar-refractivity contribution in [3.8, 4) is 0 Å². The minimum atomic E-state index is -3.65. The number of sulfonamides is 1. The van der Waals surface area contributed by atoms with E-state index in [2.05, 4.69) is 10.3 Å². The number of hydrogen-bond donors (Lipinski definition) is 1. The van der Waals surface area contributed by atoms with Gasteiger partial charge in [-0.05, 0) is 54.3 Å². The normalized spacial score (nSPS) is 13.2. The fourth-order valence-electron chi connectivity index (χ4n) is 3.43. The molecule has 0 saturated heterocycles. The summed E-state index contributed by atoms with van der Waals surface area (Å²) in [5, 5.41) is 2.89. The molecule has 0 saturated carbocycles. The second kappa shape index (κ2) is 8.05. The van der Waals surface area contributed by atoms with Crippen LogP contribution in [0.2, 0.25) is 0 Å². The van der Waals surface area contributed by atoms with Gasteiger partial charge in [0.25, 0.3) is 15.9 Å². The second-order valence-corrected chi connectivity index (χ2v) is 8.71. The molecule has 0 bridgehead atoms. The molecular formula is C22H21N3O3S. The van der Waals surface area contributed by atoms with Gasteiger partial charge in [-0.2, -0.15) is 0 Å². The van der Waals surface area contributed by atoms with E-state index < -0.39 is 10.0 Å². The number of fused-ring (bicyclic) bond motifs is 1. The number of amides is 1. The average molecular weight is 407 g/mol. The molecular weight excluding hydrogens is 386 g/mol. The van der Waals surface area contributed by atoms with E-state index in [1.54, 1.807) is 54.9 Å². The summed E-state index contributed by atoms with van der Waals surface area (Å²) in [4.78, 5) is 16.9. The topological polar surface area (TPSA) is 79.4 Å². The monoisotopic (exact) mass is 407 g/mol. The third-order valence-electron chi connectivity index (χ3n) is 4.95. The predicted molar refractivity (Wildman–Crippen MR) is 111 cm³/mol. The summed E-state index contributed by atoms with van der Waals surface area (Å²) < 4.78 is 27.4. The number of nitrogens with one attached hydrogen (secondary N) is 1. The third kappa shape index (κ3) is 4.00. The lowest BCUT2D eigenvalue weighted by atomic mass is 10.1. The number of rotatable bonds is 6. The van der Waals surface area contributed by atoms with E-state index in [1.165, 1.54) is 4.31 Å². The highest BCUT2D eigenvalue weighted by atomic mass is 32.2. The van der Waals surface area contributed by atoms with Gasteiger partial charge in [-0.1, -0.05) is 30.3 Å². The largest absolute Gasteiger partial charge is 0.352 e. The highest BCUT2D eigenvalue weighted by Crippen LogP contribution is 2.33. The highest BCUT2D eigenvalue weighted by molar-refractivity contribution is 7.92. The van der Waals surface area contributed by atoms with Crippen molar-refractivity contribution in [3.63, 3.8) is 0 Å². The molecule has 2 aromatic carbocycles. The van der Waals surface area contributed by atoms with Gasteiger partial charge in [-0.3, -0.25) is 14.1 Å². The van der Waals surface area contributed by atoms with Gasteiger partial charge >= 0.3 is 0 Å². The van der Waals surface area contributed by atoms with Crippen molar-refractivity contribution < 1.29 is 13.2 Å².